The Hall–Kier alpha value is -2.88. The zero-order valence-electron chi connectivity index (χ0n) is 11.6. The molecule has 0 saturated heterocycles. The number of ether oxygens (including phenoxy) is 1. The number of carbonyl (C=O) groups excluding carboxylic acids is 1. The molecule has 104 valence electrons. The number of allylic oxidation sites excluding steroid dienone is 1. The molecule has 4 heteroatoms. The average molecular weight is 278 g/mol. The van der Waals surface area contributed by atoms with Crippen LogP contribution in [0.1, 0.15) is 10.4 Å². The number of para-hydroxylation sites is 3. The third kappa shape index (κ3) is 2.56. The summed E-state index contributed by atoms with van der Waals surface area (Å²) in [6.07, 6.45) is 4.81. The zero-order valence-corrected chi connectivity index (χ0v) is 11.6. The van der Waals surface area contributed by atoms with E-state index in [1.165, 1.54) is 10.6 Å². The number of methoxy groups -OCH3 is 1. The first-order valence-electron chi connectivity index (χ1n) is 6.57. The van der Waals surface area contributed by atoms with E-state index in [2.05, 4.69) is 4.98 Å². The number of fused-ring (bicyclic) bond motifs is 1. The normalized spacial score (nSPS) is 11.1. The van der Waals surface area contributed by atoms with Crippen molar-refractivity contribution in [2.45, 2.75) is 0 Å². The Morgan fingerprint density at radius 3 is 2.76 bits per heavy atom. The van der Waals surface area contributed by atoms with Crippen LogP contribution in [0.3, 0.4) is 0 Å². The van der Waals surface area contributed by atoms with Gasteiger partial charge in [0.15, 0.2) is 0 Å². The van der Waals surface area contributed by atoms with Crippen molar-refractivity contribution in [1.82, 2.24) is 9.55 Å². The monoisotopic (exact) mass is 278 g/mol. The van der Waals surface area contributed by atoms with Crippen molar-refractivity contribution in [3.05, 3.63) is 66.5 Å². The highest BCUT2D eigenvalue weighted by Crippen LogP contribution is 2.19. The molecule has 2 aromatic carbocycles. The summed E-state index contributed by atoms with van der Waals surface area (Å²) in [5.41, 5.74) is 2.46. The van der Waals surface area contributed by atoms with E-state index in [-0.39, 0.29) is 5.91 Å². The molecule has 0 fully saturated rings. The number of rotatable bonds is 3. The number of nitrogens with zero attached hydrogens (tertiary/aromatic N) is 2. The maximum absolute atomic E-state index is 12.3. The summed E-state index contributed by atoms with van der Waals surface area (Å²) in [6, 6.07) is 15.1. The van der Waals surface area contributed by atoms with Crippen molar-refractivity contribution in [2.24, 2.45) is 0 Å². The smallest absolute Gasteiger partial charge is 0.256 e. The molecule has 0 aliphatic rings. The second-order valence-electron chi connectivity index (χ2n) is 4.52. The minimum atomic E-state index is -0.144. The fraction of sp³-hybridized carbons (Fsp3) is 0.0588. The molecule has 0 atom stereocenters. The van der Waals surface area contributed by atoms with Crippen LogP contribution in [0.4, 0.5) is 0 Å². The Morgan fingerprint density at radius 1 is 1.14 bits per heavy atom. The van der Waals surface area contributed by atoms with Crippen molar-refractivity contribution >= 4 is 23.0 Å². The number of carbonyl (C=O) groups is 1. The van der Waals surface area contributed by atoms with Gasteiger partial charge >= 0.3 is 0 Å². The summed E-state index contributed by atoms with van der Waals surface area (Å²) in [7, 11) is 1.61. The maximum atomic E-state index is 12.3. The molecular weight excluding hydrogens is 264 g/mol. The fourth-order valence-corrected chi connectivity index (χ4v) is 2.18. The highest BCUT2D eigenvalue weighted by Gasteiger charge is 2.06. The van der Waals surface area contributed by atoms with E-state index in [9.17, 15) is 4.79 Å². The lowest BCUT2D eigenvalue weighted by atomic mass is 10.2. The summed E-state index contributed by atoms with van der Waals surface area (Å²) < 4.78 is 6.79. The molecule has 0 amide bonds. The van der Waals surface area contributed by atoms with Crippen molar-refractivity contribution in [2.75, 3.05) is 7.11 Å². The third-order valence-electron chi connectivity index (χ3n) is 3.24. The predicted octanol–water partition coefficient (Wildman–Crippen LogP) is 3.40. The largest absolute Gasteiger partial charge is 0.496 e. The first-order valence-corrected chi connectivity index (χ1v) is 6.57. The Morgan fingerprint density at radius 2 is 1.90 bits per heavy atom. The number of aromatic nitrogens is 2. The Bertz CT molecular complexity index is 818. The van der Waals surface area contributed by atoms with Crippen LogP contribution in [0.2, 0.25) is 0 Å². The summed E-state index contributed by atoms with van der Waals surface area (Å²) in [4.78, 5) is 16.5. The van der Waals surface area contributed by atoms with Crippen LogP contribution in [0.5, 0.6) is 5.75 Å². The third-order valence-corrected chi connectivity index (χ3v) is 3.24. The lowest BCUT2D eigenvalue weighted by Crippen LogP contribution is -2.05. The summed E-state index contributed by atoms with van der Waals surface area (Å²) >= 11 is 0. The number of benzene rings is 2. The quantitative estimate of drug-likeness (QED) is 0.690. The van der Waals surface area contributed by atoms with Crippen molar-refractivity contribution in [1.29, 1.82) is 0 Å². The molecule has 3 rings (SSSR count). The lowest BCUT2D eigenvalue weighted by Gasteiger charge is -2.03. The van der Waals surface area contributed by atoms with E-state index in [4.69, 9.17) is 4.74 Å². The van der Waals surface area contributed by atoms with Gasteiger partial charge in [-0.2, -0.15) is 0 Å². The highest BCUT2D eigenvalue weighted by molar-refractivity contribution is 5.99. The van der Waals surface area contributed by atoms with Gasteiger partial charge in [0.1, 0.15) is 12.1 Å². The van der Waals surface area contributed by atoms with E-state index in [0.29, 0.717) is 0 Å². The highest BCUT2D eigenvalue weighted by atomic mass is 16.5. The van der Waals surface area contributed by atoms with E-state index in [1.807, 2.05) is 48.5 Å². The van der Waals surface area contributed by atoms with Crippen LogP contribution in [-0.4, -0.2) is 22.6 Å². The van der Waals surface area contributed by atoms with Crippen LogP contribution >= 0.6 is 0 Å². The van der Waals surface area contributed by atoms with E-state index < -0.39 is 0 Å². The lowest BCUT2D eigenvalue weighted by molar-refractivity contribution is 0.0974. The van der Waals surface area contributed by atoms with Crippen molar-refractivity contribution in [3.8, 4) is 5.75 Å². The average Bonchev–Trinajstić information content (AvgIpc) is 2.97. The number of hydrogen-bond donors (Lipinski definition) is 0. The standard InChI is InChI=1S/C17H14N2O2/c1-21-16-9-5-2-6-13(16)10-11-17(20)19-12-18-14-7-3-4-8-15(14)19/h2-12H,1H3. The number of imidazole rings is 1. The Balaban J connectivity index is 1.91. The maximum Gasteiger partial charge on any atom is 0.256 e. The molecule has 0 aliphatic carbocycles. The van der Waals surface area contributed by atoms with Gasteiger partial charge in [-0.3, -0.25) is 9.36 Å². The summed E-state index contributed by atoms with van der Waals surface area (Å²) in [5, 5.41) is 0. The molecule has 21 heavy (non-hydrogen) atoms. The minimum absolute atomic E-state index is 0.144. The molecule has 0 aliphatic heterocycles. The molecular formula is C17H14N2O2. The fourth-order valence-electron chi connectivity index (χ4n) is 2.18. The molecule has 0 saturated carbocycles. The second kappa shape index (κ2) is 5.63. The van der Waals surface area contributed by atoms with Gasteiger partial charge in [0, 0.05) is 11.6 Å². The SMILES string of the molecule is COc1ccccc1C=CC(=O)n1cnc2ccccc21. The van der Waals surface area contributed by atoms with Crippen molar-refractivity contribution in [3.63, 3.8) is 0 Å². The molecule has 0 radical (unpaired) electrons. The first-order chi connectivity index (χ1) is 10.3. The van der Waals surface area contributed by atoms with Crippen LogP contribution in [0.25, 0.3) is 17.1 Å². The van der Waals surface area contributed by atoms with Gasteiger partial charge in [-0.25, -0.2) is 4.98 Å². The van der Waals surface area contributed by atoms with E-state index >= 15 is 0 Å². The zero-order chi connectivity index (χ0) is 14.7. The molecule has 4 nitrogen and oxygen atoms in total. The van der Waals surface area contributed by atoms with Crippen molar-refractivity contribution < 1.29 is 9.53 Å². The Labute approximate surface area is 122 Å². The molecule has 1 aromatic heterocycles. The Kier molecular flexibility index (Phi) is 3.51. The van der Waals surface area contributed by atoms with Gasteiger partial charge in [0.05, 0.1) is 18.1 Å². The molecule has 0 bridgehead atoms. The van der Waals surface area contributed by atoms with Gasteiger partial charge in [-0.15, -0.1) is 0 Å². The van der Waals surface area contributed by atoms with E-state index in [1.54, 1.807) is 19.5 Å². The second-order valence-corrected chi connectivity index (χ2v) is 4.52. The summed E-state index contributed by atoms with van der Waals surface area (Å²) in [5.74, 6) is 0.589. The molecule has 0 unspecified atom stereocenters. The predicted molar refractivity (Wildman–Crippen MR) is 82.4 cm³/mol. The van der Waals surface area contributed by atoms with Gasteiger partial charge in [0.25, 0.3) is 5.91 Å². The first kappa shape index (κ1) is 13.1. The van der Waals surface area contributed by atoms with Crippen LogP contribution in [-0.2, 0) is 0 Å². The van der Waals surface area contributed by atoms with Crippen LogP contribution in [0, 0.1) is 0 Å². The van der Waals surface area contributed by atoms with Crippen LogP contribution in [0.15, 0.2) is 60.9 Å². The summed E-state index contributed by atoms with van der Waals surface area (Å²) in [6.45, 7) is 0. The molecule has 3 aromatic rings. The molecule has 1 heterocycles. The van der Waals surface area contributed by atoms with Gasteiger partial charge in [0.2, 0.25) is 0 Å². The molecule has 0 spiro atoms. The van der Waals surface area contributed by atoms with Gasteiger partial charge < -0.3 is 4.74 Å². The topological polar surface area (TPSA) is 44.1 Å². The minimum Gasteiger partial charge on any atom is -0.496 e. The van der Waals surface area contributed by atoms with E-state index in [0.717, 1.165) is 22.3 Å². The number of hydrogen-bond acceptors (Lipinski definition) is 3. The van der Waals surface area contributed by atoms with Crippen LogP contribution < -0.4 is 4.74 Å². The molecule has 0 N–H and O–H groups in total. The van der Waals surface area contributed by atoms with Gasteiger partial charge in [-0.05, 0) is 24.3 Å². The van der Waals surface area contributed by atoms with Gasteiger partial charge in [-0.1, -0.05) is 30.3 Å².